The Labute approximate surface area is 103 Å². The maximum Gasteiger partial charge on any atom is 0.163 e. The van der Waals surface area contributed by atoms with Crippen molar-refractivity contribution in [2.24, 2.45) is 5.41 Å². The molecule has 98 valence electrons. The largest absolute Gasteiger partial charge is 0.350 e. The third-order valence-electron chi connectivity index (χ3n) is 2.94. The molecule has 0 saturated carbocycles. The molecule has 0 N–H and O–H groups in total. The van der Waals surface area contributed by atoms with Gasteiger partial charge in [0.25, 0.3) is 0 Å². The Balaban J connectivity index is 2.64. The molecule has 1 fully saturated rings. The van der Waals surface area contributed by atoms with Gasteiger partial charge in [-0.15, -0.1) is 0 Å². The van der Waals surface area contributed by atoms with Gasteiger partial charge in [-0.1, -0.05) is 13.8 Å². The first kappa shape index (κ1) is 14.3. The smallest absolute Gasteiger partial charge is 0.163 e. The van der Waals surface area contributed by atoms with Gasteiger partial charge >= 0.3 is 0 Å². The van der Waals surface area contributed by atoms with Crippen molar-refractivity contribution in [1.82, 2.24) is 0 Å². The zero-order valence-corrected chi connectivity index (χ0v) is 11.1. The lowest BCUT2D eigenvalue weighted by Gasteiger charge is -2.45. The van der Waals surface area contributed by atoms with E-state index in [9.17, 15) is 9.59 Å². The first-order chi connectivity index (χ1) is 7.78. The topological polar surface area (TPSA) is 52.6 Å². The van der Waals surface area contributed by atoms with Crippen LogP contribution in [0, 0.1) is 5.41 Å². The van der Waals surface area contributed by atoms with Gasteiger partial charge in [-0.25, -0.2) is 0 Å². The van der Waals surface area contributed by atoms with Crippen LogP contribution in [0.1, 0.15) is 47.0 Å². The molecule has 0 radical (unpaired) electrons. The fourth-order valence-electron chi connectivity index (χ4n) is 1.91. The fourth-order valence-corrected chi connectivity index (χ4v) is 1.91. The van der Waals surface area contributed by atoms with Gasteiger partial charge in [0.1, 0.15) is 12.4 Å². The number of unbranched alkanes of at least 4 members (excludes halogenated alkanes) is 1. The minimum absolute atomic E-state index is 0.0632. The highest BCUT2D eigenvalue weighted by Crippen LogP contribution is 2.35. The molecular formula is C13H22O4. The Morgan fingerprint density at radius 1 is 1.35 bits per heavy atom. The summed E-state index contributed by atoms with van der Waals surface area (Å²) in [7, 11) is 0. The van der Waals surface area contributed by atoms with E-state index in [2.05, 4.69) is 0 Å². The molecule has 0 amide bonds. The first-order valence-corrected chi connectivity index (χ1v) is 6.07. The Morgan fingerprint density at radius 2 is 2.00 bits per heavy atom. The van der Waals surface area contributed by atoms with E-state index >= 15 is 0 Å². The molecule has 0 aliphatic carbocycles. The van der Waals surface area contributed by atoms with E-state index in [0.29, 0.717) is 25.9 Å². The molecule has 0 aromatic rings. The monoisotopic (exact) mass is 242 g/mol. The quantitative estimate of drug-likeness (QED) is 0.547. The average Bonchev–Trinajstić information content (AvgIpc) is 2.22. The van der Waals surface area contributed by atoms with Crippen molar-refractivity contribution in [2.75, 3.05) is 6.61 Å². The van der Waals surface area contributed by atoms with Gasteiger partial charge in [-0.05, 0) is 20.3 Å². The second kappa shape index (κ2) is 5.27. The molecule has 0 aromatic carbocycles. The first-order valence-electron chi connectivity index (χ1n) is 6.07. The minimum Gasteiger partial charge on any atom is -0.350 e. The standard InChI is InChI=1S/C13H22O4/c1-12(2)9-16-13(3,4)17-11(12)10(15)7-5-6-8-14/h8,11H,5-7,9H2,1-4H3/t11-/m0/s1. The Hall–Kier alpha value is -0.740. The second-order valence-electron chi connectivity index (χ2n) is 5.70. The van der Waals surface area contributed by atoms with Crippen LogP contribution in [0.25, 0.3) is 0 Å². The summed E-state index contributed by atoms with van der Waals surface area (Å²) in [6, 6.07) is 0. The molecule has 4 nitrogen and oxygen atoms in total. The van der Waals surface area contributed by atoms with E-state index < -0.39 is 11.9 Å². The number of Topliss-reactive ketones (excluding diaryl/α,β-unsaturated/α-hetero) is 1. The van der Waals surface area contributed by atoms with Crippen molar-refractivity contribution >= 4 is 12.1 Å². The van der Waals surface area contributed by atoms with E-state index in [-0.39, 0.29) is 11.2 Å². The molecule has 4 heteroatoms. The number of aldehydes is 1. The van der Waals surface area contributed by atoms with Crippen LogP contribution in [0.3, 0.4) is 0 Å². The van der Waals surface area contributed by atoms with Gasteiger partial charge in [0.15, 0.2) is 11.6 Å². The summed E-state index contributed by atoms with van der Waals surface area (Å²) in [6.07, 6.45) is 1.81. The van der Waals surface area contributed by atoms with E-state index in [4.69, 9.17) is 9.47 Å². The number of hydrogen-bond donors (Lipinski definition) is 0. The summed E-state index contributed by atoms with van der Waals surface area (Å²) in [5.41, 5.74) is -0.312. The van der Waals surface area contributed by atoms with E-state index in [0.717, 1.165) is 6.29 Å². The normalized spacial score (nSPS) is 26.5. The third kappa shape index (κ3) is 3.89. The third-order valence-corrected chi connectivity index (χ3v) is 2.94. The summed E-state index contributed by atoms with van der Waals surface area (Å²) in [5.74, 6) is -0.645. The molecule has 1 aliphatic rings. The predicted octanol–water partition coefficient (Wildman–Crippen LogP) is 2.10. The van der Waals surface area contributed by atoms with Crippen LogP contribution in [-0.2, 0) is 19.1 Å². The number of carbonyl (C=O) groups excluding carboxylic acids is 2. The Kier molecular flexibility index (Phi) is 4.44. The fraction of sp³-hybridized carbons (Fsp3) is 0.846. The summed E-state index contributed by atoms with van der Waals surface area (Å²) < 4.78 is 11.3. The van der Waals surface area contributed by atoms with Crippen molar-refractivity contribution in [3.8, 4) is 0 Å². The highest BCUT2D eigenvalue weighted by molar-refractivity contribution is 5.84. The van der Waals surface area contributed by atoms with Gasteiger partial charge in [0.05, 0.1) is 6.61 Å². The van der Waals surface area contributed by atoms with E-state index in [1.807, 2.05) is 27.7 Å². The van der Waals surface area contributed by atoms with Crippen molar-refractivity contribution in [3.63, 3.8) is 0 Å². The SMILES string of the molecule is CC1(C)OCC(C)(C)[C@H](C(=O)CCCC=O)O1. The highest BCUT2D eigenvalue weighted by atomic mass is 16.7. The van der Waals surface area contributed by atoms with Crippen LogP contribution in [0.5, 0.6) is 0 Å². The van der Waals surface area contributed by atoms with Crippen LogP contribution in [-0.4, -0.2) is 30.6 Å². The lowest BCUT2D eigenvalue weighted by molar-refractivity contribution is -0.303. The van der Waals surface area contributed by atoms with Crippen LogP contribution < -0.4 is 0 Å². The van der Waals surface area contributed by atoms with Crippen molar-refractivity contribution in [2.45, 2.75) is 58.8 Å². The molecule has 0 unspecified atom stereocenters. The summed E-state index contributed by atoms with van der Waals surface area (Å²) >= 11 is 0. The Bertz CT molecular complexity index is 294. The van der Waals surface area contributed by atoms with Crippen molar-refractivity contribution in [3.05, 3.63) is 0 Å². The number of ether oxygens (including phenoxy) is 2. The summed E-state index contributed by atoms with van der Waals surface area (Å²) in [5, 5.41) is 0. The molecular weight excluding hydrogens is 220 g/mol. The number of rotatable bonds is 5. The van der Waals surface area contributed by atoms with Crippen molar-refractivity contribution < 1.29 is 19.1 Å². The van der Waals surface area contributed by atoms with Crippen LogP contribution >= 0.6 is 0 Å². The van der Waals surface area contributed by atoms with Gasteiger partial charge < -0.3 is 14.3 Å². The van der Waals surface area contributed by atoms with E-state index in [1.54, 1.807) is 0 Å². The van der Waals surface area contributed by atoms with Gasteiger partial charge in [0, 0.05) is 18.3 Å². The van der Waals surface area contributed by atoms with E-state index in [1.165, 1.54) is 0 Å². The Morgan fingerprint density at radius 3 is 2.59 bits per heavy atom. The summed E-state index contributed by atoms with van der Waals surface area (Å²) in [6.45, 7) is 8.06. The maximum absolute atomic E-state index is 12.1. The van der Waals surface area contributed by atoms with Gasteiger partial charge in [0.2, 0.25) is 0 Å². The van der Waals surface area contributed by atoms with Gasteiger partial charge in [-0.3, -0.25) is 4.79 Å². The zero-order chi connectivity index (χ0) is 13.1. The highest BCUT2D eigenvalue weighted by Gasteiger charge is 2.44. The van der Waals surface area contributed by atoms with Crippen LogP contribution in [0.2, 0.25) is 0 Å². The van der Waals surface area contributed by atoms with Crippen LogP contribution in [0.4, 0.5) is 0 Å². The zero-order valence-electron chi connectivity index (χ0n) is 11.1. The number of ketones is 1. The molecule has 0 spiro atoms. The molecule has 1 rings (SSSR count). The molecule has 17 heavy (non-hydrogen) atoms. The maximum atomic E-state index is 12.1. The van der Waals surface area contributed by atoms with Crippen LogP contribution in [0.15, 0.2) is 0 Å². The summed E-state index contributed by atoms with van der Waals surface area (Å²) in [4.78, 5) is 22.3. The molecule has 1 aliphatic heterocycles. The lowest BCUT2D eigenvalue weighted by atomic mass is 9.82. The second-order valence-corrected chi connectivity index (χ2v) is 5.70. The molecule has 0 aromatic heterocycles. The lowest BCUT2D eigenvalue weighted by Crippen LogP contribution is -2.53. The van der Waals surface area contributed by atoms with Gasteiger partial charge in [-0.2, -0.15) is 0 Å². The number of hydrogen-bond acceptors (Lipinski definition) is 4. The minimum atomic E-state index is -0.708. The molecule has 1 heterocycles. The number of carbonyl (C=O) groups is 2. The average molecular weight is 242 g/mol. The molecule has 1 atom stereocenters. The molecule has 0 bridgehead atoms. The van der Waals surface area contributed by atoms with Crippen molar-refractivity contribution in [1.29, 1.82) is 0 Å². The molecule has 1 saturated heterocycles. The predicted molar refractivity (Wildman–Crippen MR) is 63.6 cm³/mol.